The van der Waals surface area contributed by atoms with Crippen LogP contribution in [0.3, 0.4) is 0 Å². The van der Waals surface area contributed by atoms with Crippen molar-refractivity contribution in [3.63, 3.8) is 0 Å². The quantitative estimate of drug-likeness (QED) is 0.752. The first-order valence-corrected chi connectivity index (χ1v) is 5.91. The van der Waals surface area contributed by atoms with Crippen LogP contribution < -0.4 is 11.1 Å². The fraction of sp³-hybridized carbons (Fsp3) is 0.636. The van der Waals surface area contributed by atoms with Crippen molar-refractivity contribution >= 4 is 11.6 Å². The molecule has 6 nitrogen and oxygen atoms in total. The van der Waals surface area contributed by atoms with E-state index >= 15 is 0 Å². The number of amides is 1. The second kappa shape index (κ2) is 5.18. The molecule has 1 aromatic heterocycles. The molecule has 0 aromatic carbocycles. The first-order chi connectivity index (χ1) is 8.13. The molecular weight excluding hydrogens is 218 g/mol. The van der Waals surface area contributed by atoms with Gasteiger partial charge in [0.2, 0.25) is 5.91 Å². The zero-order chi connectivity index (χ0) is 12.3. The van der Waals surface area contributed by atoms with Crippen molar-refractivity contribution in [3.8, 4) is 0 Å². The Hall–Kier alpha value is -1.56. The highest BCUT2D eigenvalue weighted by atomic mass is 16.1. The van der Waals surface area contributed by atoms with Gasteiger partial charge in [-0.3, -0.25) is 14.4 Å². The average molecular weight is 237 g/mol. The number of nitrogens with zero attached hydrogens (tertiary/aromatic N) is 3. The van der Waals surface area contributed by atoms with Crippen LogP contribution >= 0.6 is 0 Å². The van der Waals surface area contributed by atoms with Crippen LogP contribution in [0.4, 0.5) is 5.69 Å². The van der Waals surface area contributed by atoms with Crippen molar-refractivity contribution in [1.29, 1.82) is 0 Å². The van der Waals surface area contributed by atoms with Crippen molar-refractivity contribution in [2.24, 2.45) is 0 Å². The molecule has 1 saturated heterocycles. The number of hydrogen-bond donors (Lipinski definition) is 2. The van der Waals surface area contributed by atoms with Crippen LogP contribution in [0.15, 0.2) is 12.4 Å². The first-order valence-electron chi connectivity index (χ1n) is 5.91. The van der Waals surface area contributed by atoms with Crippen LogP contribution in [0.5, 0.6) is 0 Å². The summed E-state index contributed by atoms with van der Waals surface area (Å²) in [6, 6.07) is 0.301. The average Bonchev–Trinajstić information content (AvgIpc) is 2.84. The molecule has 2 rings (SSSR count). The maximum atomic E-state index is 10.9. The van der Waals surface area contributed by atoms with E-state index in [1.807, 2.05) is 10.9 Å². The van der Waals surface area contributed by atoms with Gasteiger partial charge in [0.25, 0.3) is 0 Å². The number of likely N-dealkylation sites (tertiary alicyclic amines) is 1. The molecule has 1 unspecified atom stereocenters. The normalized spacial score (nSPS) is 20.6. The Balaban J connectivity index is 1.73. The molecule has 1 aliphatic heterocycles. The molecule has 0 saturated carbocycles. The molecule has 3 N–H and O–H groups in total. The molecule has 0 spiro atoms. The highest BCUT2D eigenvalue weighted by molar-refractivity contribution is 5.73. The summed E-state index contributed by atoms with van der Waals surface area (Å²) in [6.07, 6.45) is 4.52. The lowest BCUT2D eigenvalue weighted by atomic mass is 10.3. The monoisotopic (exact) mass is 237 g/mol. The first kappa shape index (κ1) is 11.9. The number of nitrogen functional groups attached to an aromatic ring is 1. The predicted molar refractivity (Wildman–Crippen MR) is 65.3 cm³/mol. The maximum Gasteiger partial charge on any atom is 0.217 e. The number of carbonyl (C=O) groups is 1. The second-order valence-electron chi connectivity index (χ2n) is 4.52. The van der Waals surface area contributed by atoms with E-state index in [-0.39, 0.29) is 5.91 Å². The number of carbonyl (C=O) groups excluding carboxylic acids is 1. The van der Waals surface area contributed by atoms with E-state index in [0.717, 1.165) is 32.6 Å². The van der Waals surface area contributed by atoms with Crippen LogP contribution in [-0.4, -0.2) is 46.3 Å². The molecule has 1 fully saturated rings. The predicted octanol–water partition coefficient (Wildman–Crippen LogP) is -0.324. The van der Waals surface area contributed by atoms with Crippen LogP contribution in [0.25, 0.3) is 0 Å². The van der Waals surface area contributed by atoms with Crippen LogP contribution in [0.1, 0.15) is 13.3 Å². The van der Waals surface area contributed by atoms with Gasteiger partial charge < -0.3 is 11.1 Å². The Morgan fingerprint density at radius 2 is 2.47 bits per heavy atom. The summed E-state index contributed by atoms with van der Waals surface area (Å²) in [5.74, 6) is 0.0525. The largest absolute Gasteiger partial charge is 0.396 e. The SMILES string of the molecule is CC(=O)NC1CCN(CCn2cc(N)cn2)C1. The highest BCUT2D eigenvalue weighted by Gasteiger charge is 2.22. The van der Waals surface area contributed by atoms with Crippen molar-refractivity contribution in [1.82, 2.24) is 20.0 Å². The van der Waals surface area contributed by atoms with E-state index in [1.54, 1.807) is 13.1 Å². The lowest BCUT2D eigenvalue weighted by Gasteiger charge is -2.16. The van der Waals surface area contributed by atoms with Crippen molar-refractivity contribution in [3.05, 3.63) is 12.4 Å². The molecular formula is C11H19N5O. The van der Waals surface area contributed by atoms with Crippen LogP contribution in [0, 0.1) is 0 Å². The summed E-state index contributed by atoms with van der Waals surface area (Å²) in [5.41, 5.74) is 6.29. The smallest absolute Gasteiger partial charge is 0.217 e. The summed E-state index contributed by atoms with van der Waals surface area (Å²) in [6.45, 7) is 5.30. The van der Waals surface area contributed by atoms with E-state index in [0.29, 0.717) is 11.7 Å². The third kappa shape index (κ3) is 3.45. The molecule has 0 aliphatic carbocycles. The maximum absolute atomic E-state index is 10.9. The molecule has 0 bridgehead atoms. The second-order valence-corrected chi connectivity index (χ2v) is 4.52. The van der Waals surface area contributed by atoms with E-state index in [9.17, 15) is 4.79 Å². The number of rotatable bonds is 4. The van der Waals surface area contributed by atoms with Crippen molar-refractivity contribution < 1.29 is 4.79 Å². The lowest BCUT2D eigenvalue weighted by molar-refractivity contribution is -0.119. The zero-order valence-electron chi connectivity index (χ0n) is 10.1. The fourth-order valence-corrected chi connectivity index (χ4v) is 2.19. The van der Waals surface area contributed by atoms with E-state index in [1.165, 1.54) is 0 Å². The van der Waals surface area contributed by atoms with E-state index in [4.69, 9.17) is 5.73 Å². The van der Waals surface area contributed by atoms with Gasteiger partial charge in [-0.05, 0) is 6.42 Å². The Morgan fingerprint density at radius 3 is 3.12 bits per heavy atom. The summed E-state index contributed by atoms with van der Waals surface area (Å²) in [7, 11) is 0. The molecule has 0 radical (unpaired) electrons. The number of hydrogen-bond acceptors (Lipinski definition) is 4. The van der Waals surface area contributed by atoms with Gasteiger partial charge in [-0.25, -0.2) is 0 Å². The summed E-state index contributed by atoms with van der Waals surface area (Å²) in [5, 5.41) is 7.09. The molecule has 2 heterocycles. The Labute approximate surface area is 101 Å². The summed E-state index contributed by atoms with van der Waals surface area (Å²) < 4.78 is 1.85. The van der Waals surface area contributed by atoms with Gasteiger partial charge in [0, 0.05) is 38.8 Å². The third-order valence-corrected chi connectivity index (χ3v) is 2.98. The van der Waals surface area contributed by atoms with Gasteiger partial charge in [-0.1, -0.05) is 0 Å². The summed E-state index contributed by atoms with van der Waals surface area (Å²) in [4.78, 5) is 13.3. The molecule has 6 heteroatoms. The summed E-state index contributed by atoms with van der Waals surface area (Å²) >= 11 is 0. The molecule has 1 amide bonds. The molecule has 1 aliphatic rings. The minimum absolute atomic E-state index is 0.0525. The Bertz CT molecular complexity index is 389. The van der Waals surface area contributed by atoms with Crippen molar-refractivity contribution in [2.75, 3.05) is 25.4 Å². The van der Waals surface area contributed by atoms with Gasteiger partial charge in [0.15, 0.2) is 0 Å². The Kier molecular flexibility index (Phi) is 3.63. The fourth-order valence-electron chi connectivity index (χ4n) is 2.19. The third-order valence-electron chi connectivity index (χ3n) is 2.98. The van der Waals surface area contributed by atoms with Gasteiger partial charge in [-0.2, -0.15) is 5.10 Å². The molecule has 1 aromatic rings. The number of anilines is 1. The van der Waals surface area contributed by atoms with Crippen LogP contribution in [0.2, 0.25) is 0 Å². The number of nitrogens with one attached hydrogen (secondary N) is 1. The van der Waals surface area contributed by atoms with Gasteiger partial charge in [-0.15, -0.1) is 0 Å². The minimum Gasteiger partial charge on any atom is -0.396 e. The topological polar surface area (TPSA) is 76.2 Å². The van der Waals surface area contributed by atoms with Gasteiger partial charge in [0.1, 0.15) is 0 Å². The molecule has 1 atom stereocenters. The van der Waals surface area contributed by atoms with Crippen molar-refractivity contribution in [2.45, 2.75) is 25.9 Å². The lowest BCUT2D eigenvalue weighted by Crippen LogP contribution is -2.36. The van der Waals surface area contributed by atoms with Crippen LogP contribution in [-0.2, 0) is 11.3 Å². The zero-order valence-corrected chi connectivity index (χ0v) is 10.1. The minimum atomic E-state index is 0.0525. The standard InChI is InChI=1S/C11H19N5O/c1-9(17)14-11-2-3-15(8-11)4-5-16-7-10(12)6-13-16/h6-7,11H,2-5,8,12H2,1H3,(H,14,17). The number of aromatic nitrogens is 2. The number of nitrogens with two attached hydrogens (primary N) is 1. The molecule has 17 heavy (non-hydrogen) atoms. The Morgan fingerprint density at radius 1 is 1.65 bits per heavy atom. The van der Waals surface area contributed by atoms with Gasteiger partial charge >= 0.3 is 0 Å². The van der Waals surface area contributed by atoms with E-state index in [2.05, 4.69) is 15.3 Å². The highest BCUT2D eigenvalue weighted by Crippen LogP contribution is 2.09. The molecule has 94 valence electrons. The van der Waals surface area contributed by atoms with E-state index < -0.39 is 0 Å². The van der Waals surface area contributed by atoms with Gasteiger partial charge in [0.05, 0.1) is 18.4 Å².